The molecule has 0 radical (unpaired) electrons. The van der Waals surface area contributed by atoms with E-state index in [0.717, 1.165) is 31.5 Å². The molecule has 1 heterocycles. The second-order valence-corrected chi connectivity index (χ2v) is 6.10. The van der Waals surface area contributed by atoms with E-state index in [-0.39, 0.29) is 0 Å². The first-order chi connectivity index (χ1) is 8.24. The Morgan fingerprint density at radius 3 is 2.71 bits per heavy atom. The fourth-order valence-electron chi connectivity index (χ4n) is 3.48. The maximum atomic E-state index is 6.11. The fraction of sp³-hybridized carbons (Fsp3) is 1.00. The molecule has 0 bridgehead atoms. The van der Waals surface area contributed by atoms with Crippen molar-refractivity contribution in [3.05, 3.63) is 0 Å². The number of ether oxygens (including phenoxy) is 1. The number of nitrogens with one attached hydrogen (secondary N) is 1. The van der Waals surface area contributed by atoms with Crippen molar-refractivity contribution in [2.75, 3.05) is 19.7 Å². The van der Waals surface area contributed by atoms with Gasteiger partial charge in [0, 0.05) is 18.6 Å². The van der Waals surface area contributed by atoms with Gasteiger partial charge in [0.25, 0.3) is 0 Å². The Morgan fingerprint density at radius 2 is 2.12 bits per heavy atom. The Hall–Kier alpha value is -0.0800. The second-order valence-electron chi connectivity index (χ2n) is 6.10. The van der Waals surface area contributed by atoms with Crippen LogP contribution in [0.1, 0.15) is 52.9 Å². The van der Waals surface area contributed by atoms with Crippen LogP contribution in [-0.4, -0.2) is 25.8 Å². The Morgan fingerprint density at radius 1 is 1.35 bits per heavy atom. The summed E-state index contributed by atoms with van der Waals surface area (Å²) in [6.07, 6.45) is 7.11. The third-order valence-electron chi connectivity index (χ3n) is 4.96. The minimum Gasteiger partial charge on any atom is -0.377 e. The van der Waals surface area contributed by atoms with Crippen LogP contribution in [0, 0.1) is 17.3 Å². The highest BCUT2D eigenvalue weighted by Gasteiger charge is 2.52. The molecule has 3 unspecified atom stereocenters. The standard InChI is InChI=1S/C15H29NO/c1-4-9-16-11-15(12(3)5-2)8-10-17-14(15)13-6-7-13/h12-14,16H,4-11H2,1-3H3. The van der Waals surface area contributed by atoms with E-state index < -0.39 is 0 Å². The molecule has 1 N–H and O–H groups in total. The van der Waals surface area contributed by atoms with E-state index in [1.807, 2.05) is 0 Å². The lowest BCUT2D eigenvalue weighted by Crippen LogP contribution is -2.46. The number of hydrogen-bond acceptors (Lipinski definition) is 2. The summed E-state index contributed by atoms with van der Waals surface area (Å²) in [6.45, 7) is 10.3. The molecule has 0 aromatic rings. The average molecular weight is 239 g/mol. The van der Waals surface area contributed by atoms with Crippen LogP contribution in [0.25, 0.3) is 0 Å². The second kappa shape index (κ2) is 5.71. The van der Waals surface area contributed by atoms with Gasteiger partial charge < -0.3 is 10.1 Å². The van der Waals surface area contributed by atoms with Crippen molar-refractivity contribution >= 4 is 0 Å². The summed E-state index contributed by atoms with van der Waals surface area (Å²) in [5.74, 6) is 1.65. The van der Waals surface area contributed by atoms with Crippen molar-refractivity contribution in [3.63, 3.8) is 0 Å². The molecule has 1 aliphatic heterocycles. The van der Waals surface area contributed by atoms with Crippen molar-refractivity contribution < 1.29 is 4.74 Å². The Balaban J connectivity index is 2.04. The van der Waals surface area contributed by atoms with E-state index in [0.29, 0.717) is 11.5 Å². The predicted molar refractivity (Wildman–Crippen MR) is 72.1 cm³/mol. The van der Waals surface area contributed by atoms with Crippen molar-refractivity contribution in [3.8, 4) is 0 Å². The highest BCUT2D eigenvalue weighted by molar-refractivity contribution is 5.02. The Kier molecular flexibility index (Phi) is 4.48. The lowest BCUT2D eigenvalue weighted by molar-refractivity contribution is 0.00249. The summed E-state index contributed by atoms with van der Waals surface area (Å²) < 4.78 is 6.11. The van der Waals surface area contributed by atoms with Gasteiger partial charge in [0.05, 0.1) is 6.10 Å². The summed E-state index contributed by atoms with van der Waals surface area (Å²) in [7, 11) is 0. The molecule has 1 saturated carbocycles. The van der Waals surface area contributed by atoms with Gasteiger partial charge in [0.15, 0.2) is 0 Å². The maximum absolute atomic E-state index is 6.11. The average Bonchev–Trinajstić information content (AvgIpc) is 3.10. The van der Waals surface area contributed by atoms with Crippen LogP contribution in [0.2, 0.25) is 0 Å². The lowest BCUT2D eigenvalue weighted by atomic mass is 9.68. The number of rotatable bonds is 7. The number of hydrogen-bond donors (Lipinski definition) is 1. The molecule has 1 aliphatic carbocycles. The van der Waals surface area contributed by atoms with E-state index in [4.69, 9.17) is 4.74 Å². The first kappa shape index (κ1) is 13.4. The van der Waals surface area contributed by atoms with E-state index in [9.17, 15) is 0 Å². The van der Waals surface area contributed by atoms with Crippen LogP contribution < -0.4 is 5.32 Å². The van der Waals surface area contributed by atoms with E-state index >= 15 is 0 Å². The van der Waals surface area contributed by atoms with Crippen LogP contribution in [0.5, 0.6) is 0 Å². The predicted octanol–water partition coefficient (Wildman–Crippen LogP) is 3.22. The zero-order chi connectivity index (χ0) is 12.3. The summed E-state index contributed by atoms with van der Waals surface area (Å²) in [5.41, 5.74) is 0.422. The van der Waals surface area contributed by atoms with Gasteiger partial charge in [-0.1, -0.05) is 27.2 Å². The van der Waals surface area contributed by atoms with Gasteiger partial charge in [-0.25, -0.2) is 0 Å². The molecule has 0 spiro atoms. The topological polar surface area (TPSA) is 21.3 Å². The van der Waals surface area contributed by atoms with Gasteiger partial charge in [-0.05, 0) is 44.1 Å². The van der Waals surface area contributed by atoms with E-state index in [2.05, 4.69) is 26.1 Å². The molecular formula is C15H29NO. The highest BCUT2D eigenvalue weighted by atomic mass is 16.5. The van der Waals surface area contributed by atoms with Gasteiger partial charge in [-0.15, -0.1) is 0 Å². The third-order valence-corrected chi connectivity index (χ3v) is 4.96. The molecule has 2 aliphatic rings. The monoisotopic (exact) mass is 239 g/mol. The van der Waals surface area contributed by atoms with Gasteiger partial charge in [-0.3, -0.25) is 0 Å². The Labute approximate surface area is 107 Å². The van der Waals surface area contributed by atoms with Crippen LogP contribution in [0.3, 0.4) is 0 Å². The van der Waals surface area contributed by atoms with Gasteiger partial charge >= 0.3 is 0 Å². The summed E-state index contributed by atoms with van der Waals surface area (Å²) in [5, 5.41) is 3.67. The van der Waals surface area contributed by atoms with Crippen LogP contribution in [0.4, 0.5) is 0 Å². The smallest absolute Gasteiger partial charge is 0.0674 e. The maximum Gasteiger partial charge on any atom is 0.0674 e. The SMILES string of the molecule is CCCNCC1(C(C)CC)CCOC1C1CC1. The minimum atomic E-state index is 0.422. The molecule has 2 rings (SSSR count). The first-order valence-corrected chi connectivity index (χ1v) is 7.57. The molecule has 1 saturated heterocycles. The van der Waals surface area contributed by atoms with Crippen molar-refractivity contribution in [2.24, 2.45) is 17.3 Å². The minimum absolute atomic E-state index is 0.422. The molecule has 0 amide bonds. The molecule has 17 heavy (non-hydrogen) atoms. The molecule has 0 aromatic heterocycles. The fourth-order valence-corrected chi connectivity index (χ4v) is 3.48. The molecule has 2 heteroatoms. The van der Waals surface area contributed by atoms with Gasteiger partial charge in [0.2, 0.25) is 0 Å². The molecule has 0 aromatic carbocycles. The lowest BCUT2D eigenvalue weighted by Gasteiger charge is -2.40. The molecule has 2 fully saturated rings. The molecule has 2 nitrogen and oxygen atoms in total. The van der Waals surface area contributed by atoms with Gasteiger partial charge in [-0.2, -0.15) is 0 Å². The Bertz CT molecular complexity index is 239. The normalized spacial score (nSPS) is 35.1. The summed E-state index contributed by atoms with van der Waals surface area (Å²) in [6, 6.07) is 0. The molecule has 3 atom stereocenters. The van der Waals surface area contributed by atoms with E-state index in [1.165, 1.54) is 32.1 Å². The van der Waals surface area contributed by atoms with E-state index in [1.54, 1.807) is 0 Å². The highest BCUT2D eigenvalue weighted by Crippen LogP contribution is 2.51. The van der Waals surface area contributed by atoms with Crippen LogP contribution in [-0.2, 0) is 4.74 Å². The zero-order valence-electron chi connectivity index (χ0n) is 11.8. The zero-order valence-corrected chi connectivity index (χ0v) is 11.8. The first-order valence-electron chi connectivity index (χ1n) is 7.57. The van der Waals surface area contributed by atoms with Crippen molar-refractivity contribution in [1.29, 1.82) is 0 Å². The van der Waals surface area contributed by atoms with Crippen LogP contribution in [0.15, 0.2) is 0 Å². The van der Waals surface area contributed by atoms with Crippen molar-refractivity contribution in [2.45, 2.75) is 59.0 Å². The largest absolute Gasteiger partial charge is 0.377 e. The molecular weight excluding hydrogens is 210 g/mol. The molecule has 100 valence electrons. The van der Waals surface area contributed by atoms with Crippen molar-refractivity contribution in [1.82, 2.24) is 5.32 Å². The van der Waals surface area contributed by atoms with Crippen LogP contribution >= 0.6 is 0 Å². The third kappa shape index (κ3) is 2.68. The summed E-state index contributed by atoms with van der Waals surface area (Å²) >= 11 is 0. The summed E-state index contributed by atoms with van der Waals surface area (Å²) in [4.78, 5) is 0. The van der Waals surface area contributed by atoms with Gasteiger partial charge in [0.1, 0.15) is 0 Å². The quantitative estimate of drug-likeness (QED) is 0.689.